The lowest BCUT2D eigenvalue weighted by Gasteiger charge is -2.33. The highest BCUT2D eigenvalue weighted by molar-refractivity contribution is 5.97. The molecule has 0 saturated carbocycles. The van der Waals surface area contributed by atoms with Gasteiger partial charge in [0.15, 0.2) is 0 Å². The smallest absolute Gasteiger partial charge is 0.269 e. The fourth-order valence-corrected chi connectivity index (χ4v) is 3.01. The summed E-state index contributed by atoms with van der Waals surface area (Å²) in [6.07, 6.45) is 5.10. The Bertz CT molecular complexity index is 742. The topological polar surface area (TPSA) is 101 Å². The molecule has 3 N–H and O–H groups in total. The van der Waals surface area contributed by atoms with Gasteiger partial charge in [0.25, 0.3) is 11.8 Å². The maximum absolute atomic E-state index is 12.0. The Hall–Kier alpha value is -2.96. The Morgan fingerprint density at radius 3 is 2.56 bits per heavy atom. The average molecular weight is 339 g/mol. The van der Waals surface area contributed by atoms with Crippen molar-refractivity contribution in [3.8, 4) is 0 Å². The van der Waals surface area contributed by atoms with Crippen molar-refractivity contribution < 1.29 is 9.59 Å². The van der Waals surface area contributed by atoms with Crippen LogP contribution >= 0.6 is 0 Å². The molecule has 0 aliphatic carbocycles. The van der Waals surface area contributed by atoms with E-state index >= 15 is 0 Å². The third-order valence-corrected chi connectivity index (χ3v) is 4.42. The second-order valence-corrected chi connectivity index (χ2v) is 6.09. The molecular formula is C18H21N5O2. The lowest BCUT2D eigenvalue weighted by Crippen LogP contribution is -2.40. The monoisotopic (exact) mass is 339 g/mol. The highest BCUT2D eigenvalue weighted by Crippen LogP contribution is 2.24. The summed E-state index contributed by atoms with van der Waals surface area (Å²) < 4.78 is 0. The van der Waals surface area contributed by atoms with Gasteiger partial charge in [-0.05, 0) is 43.0 Å². The van der Waals surface area contributed by atoms with Crippen LogP contribution in [0.1, 0.15) is 33.7 Å². The molecule has 1 saturated heterocycles. The number of carbonyl (C=O) groups excluding carboxylic acids is 2. The van der Waals surface area contributed by atoms with Crippen molar-refractivity contribution in [1.82, 2.24) is 15.3 Å². The summed E-state index contributed by atoms with van der Waals surface area (Å²) in [6, 6.07) is 8.69. The molecule has 7 nitrogen and oxygen atoms in total. The van der Waals surface area contributed by atoms with Crippen LogP contribution in [0.4, 0.5) is 5.82 Å². The normalized spacial score (nSPS) is 15.0. The largest absolute Gasteiger partial charge is 0.365 e. The number of nitrogens with two attached hydrogens (primary N) is 1. The predicted octanol–water partition coefficient (Wildman–Crippen LogP) is 1.22. The molecule has 0 unspecified atom stereocenters. The van der Waals surface area contributed by atoms with Gasteiger partial charge in [0.05, 0.1) is 5.56 Å². The number of piperidine rings is 1. The van der Waals surface area contributed by atoms with Crippen LogP contribution in [0.3, 0.4) is 0 Å². The maximum Gasteiger partial charge on any atom is 0.269 e. The molecule has 0 atom stereocenters. The summed E-state index contributed by atoms with van der Waals surface area (Å²) in [5.41, 5.74) is 6.30. The van der Waals surface area contributed by atoms with Crippen LogP contribution in [-0.2, 0) is 0 Å². The van der Waals surface area contributed by atoms with Crippen LogP contribution in [0.2, 0.25) is 0 Å². The quantitative estimate of drug-likeness (QED) is 0.853. The first-order valence-corrected chi connectivity index (χ1v) is 8.34. The van der Waals surface area contributed by atoms with Crippen molar-refractivity contribution in [2.45, 2.75) is 12.8 Å². The van der Waals surface area contributed by atoms with Crippen molar-refractivity contribution in [1.29, 1.82) is 0 Å². The Morgan fingerprint density at radius 1 is 1.12 bits per heavy atom. The number of anilines is 1. The summed E-state index contributed by atoms with van der Waals surface area (Å²) in [5, 5.41) is 2.94. The van der Waals surface area contributed by atoms with Crippen LogP contribution in [0, 0.1) is 5.92 Å². The average Bonchev–Trinajstić information content (AvgIpc) is 2.67. The van der Waals surface area contributed by atoms with E-state index < -0.39 is 5.91 Å². The number of hydrogen-bond acceptors (Lipinski definition) is 5. The highest BCUT2D eigenvalue weighted by Gasteiger charge is 2.23. The summed E-state index contributed by atoms with van der Waals surface area (Å²) >= 11 is 0. The van der Waals surface area contributed by atoms with Gasteiger partial charge in [-0.25, -0.2) is 4.98 Å². The second kappa shape index (κ2) is 7.74. The Balaban J connectivity index is 1.53. The van der Waals surface area contributed by atoms with Crippen LogP contribution in [0.25, 0.3) is 0 Å². The maximum atomic E-state index is 12.0. The molecule has 0 spiro atoms. The number of carbonyl (C=O) groups is 2. The molecule has 25 heavy (non-hydrogen) atoms. The van der Waals surface area contributed by atoms with Gasteiger partial charge < -0.3 is 16.0 Å². The molecule has 1 aliphatic heterocycles. The van der Waals surface area contributed by atoms with E-state index in [4.69, 9.17) is 5.73 Å². The predicted molar refractivity (Wildman–Crippen MR) is 94.3 cm³/mol. The first kappa shape index (κ1) is 16.9. The molecule has 2 amide bonds. The van der Waals surface area contributed by atoms with Crippen molar-refractivity contribution in [2.75, 3.05) is 24.5 Å². The van der Waals surface area contributed by atoms with Crippen molar-refractivity contribution in [2.24, 2.45) is 11.7 Å². The number of primary amides is 1. The van der Waals surface area contributed by atoms with E-state index in [1.54, 1.807) is 42.7 Å². The minimum absolute atomic E-state index is 0.149. The van der Waals surface area contributed by atoms with Crippen molar-refractivity contribution in [3.63, 3.8) is 0 Å². The highest BCUT2D eigenvalue weighted by atomic mass is 16.2. The van der Waals surface area contributed by atoms with E-state index in [1.165, 1.54) is 0 Å². The standard InChI is InChI=1S/C18H21N5O2/c19-16(24)14-4-3-9-21-17(14)23-10-6-13(7-11-23)12-22-18(25)15-5-1-2-8-20-15/h1-5,8-9,13H,6-7,10-12H2,(H2,19,24)(H,22,25). The molecule has 3 rings (SSSR count). The van der Waals surface area contributed by atoms with E-state index in [0.717, 1.165) is 25.9 Å². The third-order valence-electron chi connectivity index (χ3n) is 4.42. The SMILES string of the molecule is NC(=O)c1cccnc1N1CCC(CNC(=O)c2ccccn2)CC1. The summed E-state index contributed by atoms with van der Waals surface area (Å²) in [7, 11) is 0. The number of nitrogens with one attached hydrogen (secondary N) is 1. The molecule has 2 aromatic heterocycles. The van der Waals surface area contributed by atoms with Gasteiger partial charge in [0, 0.05) is 32.0 Å². The summed E-state index contributed by atoms with van der Waals surface area (Å²) in [4.78, 5) is 34.0. The van der Waals surface area contributed by atoms with Gasteiger partial charge >= 0.3 is 0 Å². The minimum Gasteiger partial charge on any atom is -0.365 e. The number of hydrogen-bond donors (Lipinski definition) is 2. The lowest BCUT2D eigenvalue weighted by atomic mass is 9.96. The molecule has 0 radical (unpaired) electrons. The van der Waals surface area contributed by atoms with E-state index in [9.17, 15) is 9.59 Å². The zero-order valence-electron chi connectivity index (χ0n) is 13.9. The summed E-state index contributed by atoms with van der Waals surface area (Å²) in [6.45, 7) is 2.18. The molecule has 0 bridgehead atoms. The zero-order chi connectivity index (χ0) is 17.6. The Morgan fingerprint density at radius 2 is 1.88 bits per heavy atom. The first-order chi connectivity index (χ1) is 12.1. The van der Waals surface area contributed by atoms with Gasteiger partial charge in [-0.2, -0.15) is 0 Å². The third kappa shape index (κ3) is 4.12. The molecular weight excluding hydrogens is 318 g/mol. The minimum atomic E-state index is -0.465. The van der Waals surface area contributed by atoms with Crippen LogP contribution in [0.5, 0.6) is 0 Å². The Kier molecular flexibility index (Phi) is 5.23. The van der Waals surface area contributed by atoms with Crippen molar-refractivity contribution >= 4 is 17.6 Å². The van der Waals surface area contributed by atoms with Gasteiger partial charge in [0.2, 0.25) is 0 Å². The molecule has 3 heterocycles. The first-order valence-electron chi connectivity index (χ1n) is 8.34. The van der Waals surface area contributed by atoms with Crippen LogP contribution in [-0.4, -0.2) is 41.4 Å². The molecule has 2 aromatic rings. The van der Waals surface area contributed by atoms with Crippen LogP contribution < -0.4 is 16.0 Å². The number of rotatable bonds is 5. The molecule has 130 valence electrons. The van der Waals surface area contributed by atoms with E-state index in [1.807, 2.05) is 0 Å². The van der Waals surface area contributed by atoms with E-state index in [-0.39, 0.29) is 5.91 Å². The van der Waals surface area contributed by atoms with Gasteiger partial charge in [-0.15, -0.1) is 0 Å². The fraction of sp³-hybridized carbons (Fsp3) is 0.333. The summed E-state index contributed by atoms with van der Waals surface area (Å²) in [5.74, 6) is 0.423. The molecule has 0 aromatic carbocycles. The molecule has 7 heteroatoms. The van der Waals surface area contributed by atoms with Crippen LogP contribution in [0.15, 0.2) is 42.7 Å². The number of aromatic nitrogens is 2. The number of pyridine rings is 2. The van der Waals surface area contributed by atoms with Gasteiger partial charge in [-0.3, -0.25) is 14.6 Å². The molecule has 1 aliphatic rings. The van der Waals surface area contributed by atoms with E-state index in [0.29, 0.717) is 29.5 Å². The fourth-order valence-electron chi connectivity index (χ4n) is 3.01. The number of amides is 2. The van der Waals surface area contributed by atoms with E-state index in [2.05, 4.69) is 20.2 Å². The molecule has 1 fully saturated rings. The Labute approximate surface area is 146 Å². The second-order valence-electron chi connectivity index (χ2n) is 6.09. The lowest BCUT2D eigenvalue weighted by molar-refractivity contribution is 0.0938. The zero-order valence-corrected chi connectivity index (χ0v) is 13.9. The number of nitrogens with zero attached hydrogens (tertiary/aromatic N) is 3. The van der Waals surface area contributed by atoms with Gasteiger partial charge in [0.1, 0.15) is 11.5 Å². The van der Waals surface area contributed by atoms with Crippen molar-refractivity contribution in [3.05, 3.63) is 54.0 Å². The van der Waals surface area contributed by atoms with Gasteiger partial charge in [-0.1, -0.05) is 6.07 Å².